The van der Waals surface area contributed by atoms with Crippen LogP contribution in [0.4, 0.5) is 0 Å². The monoisotopic (exact) mass is 396 g/mol. The number of rotatable bonds is 5. The van der Waals surface area contributed by atoms with Gasteiger partial charge < -0.3 is 15.1 Å². The number of carbonyl (C=O) groups excluding carboxylic acids is 2. The van der Waals surface area contributed by atoms with Gasteiger partial charge in [-0.2, -0.15) is 0 Å². The van der Waals surface area contributed by atoms with E-state index in [1.165, 1.54) is 0 Å². The van der Waals surface area contributed by atoms with E-state index in [9.17, 15) is 9.59 Å². The van der Waals surface area contributed by atoms with E-state index < -0.39 is 0 Å². The van der Waals surface area contributed by atoms with Gasteiger partial charge in [0, 0.05) is 45.8 Å². The normalized spacial score (nSPS) is 21.5. The molecule has 0 aromatic carbocycles. The molecule has 2 fully saturated rings. The van der Waals surface area contributed by atoms with E-state index in [-0.39, 0.29) is 36.6 Å². The summed E-state index contributed by atoms with van der Waals surface area (Å²) in [5.41, 5.74) is 0. The molecule has 0 saturated carbocycles. The van der Waals surface area contributed by atoms with Crippen LogP contribution < -0.4 is 5.32 Å². The maximum atomic E-state index is 12.6. The van der Waals surface area contributed by atoms with E-state index in [2.05, 4.69) is 10.2 Å². The Bertz CT molecular complexity index is 402. The smallest absolute Gasteiger partial charge is 0.236 e. The number of amides is 2. The SMILES string of the molecule is CCN(CC)C(=O)CN1CCCN(C(=O)C2CCCNC2)CC1.Cl.Cl. The first-order valence-corrected chi connectivity index (χ1v) is 9.15. The minimum atomic E-state index is 0. The highest BCUT2D eigenvalue weighted by atomic mass is 35.5. The van der Waals surface area contributed by atoms with E-state index in [1.54, 1.807) is 0 Å². The van der Waals surface area contributed by atoms with Crippen LogP contribution in [0.25, 0.3) is 0 Å². The fourth-order valence-electron chi connectivity index (χ4n) is 3.54. The molecule has 0 aliphatic carbocycles. The molecule has 0 aromatic rings. The molecule has 2 aliphatic heterocycles. The van der Waals surface area contributed by atoms with Crippen LogP contribution in [0.15, 0.2) is 0 Å². The van der Waals surface area contributed by atoms with Crippen molar-refractivity contribution in [3.63, 3.8) is 0 Å². The van der Waals surface area contributed by atoms with Gasteiger partial charge in [0.25, 0.3) is 0 Å². The van der Waals surface area contributed by atoms with Crippen LogP contribution >= 0.6 is 24.8 Å². The first-order valence-electron chi connectivity index (χ1n) is 9.15. The van der Waals surface area contributed by atoms with Crippen molar-refractivity contribution in [3.8, 4) is 0 Å². The molecule has 2 amide bonds. The Kier molecular flexibility index (Phi) is 12.5. The largest absolute Gasteiger partial charge is 0.342 e. The standard InChI is InChI=1S/C17H32N4O2.2ClH/c1-3-20(4-2)16(22)14-19-9-6-10-21(12-11-19)17(23)15-7-5-8-18-13-15;;/h15,18H,3-14H2,1-2H3;2*1H. The Hall–Kier alpha value is -0.560. The molecular formula is C17H34Cl2N4O2. The average molecular weight is 397 g/mol. The Morgan fingerprint density at radius 1 is 1.04 bits per heavy atom. The van der Waals surface area contributed by atoms with Gasteiger partial charge in [-0.25, -0.2) is 0 Å². The summed E-state index contributed by atoms with van der Waals surface area (Å²) in [6, 6.07) is 0. The summed E-state index contributed by atoms with van der Waals surface area (Å²) < 4.78 is 0. The molecule has 2 aliphatic rings. The van der Waals surface area contributed by atoms with E-state index >= 15 is 0 Å². The first kappa shape index (κ1) is 24.4. The highest BCUT2D eigenvalue weighted by Gasteiger charge is 2.27. The van der Waals surface area contributed by atoms with Gasteiger partial charge in [0.05, 0.1) is 12.5 Å². The van der Waals surface area contributed by atoms with Crippen molar-refractivity contribution in [2.75, 3.05) is 58.9 Å². The molecule has 2 rings (SSSR count). The van der Waals surface area contributed by atoms with E-state index in [0.717, 1.165) is 71.6 Å². The van der Waals surface area contributed by atoms with Gasteiger partial charge in [-0.15, -0.1) is 24.8 Å². The van der Waals surface area contributed by atoms with Crippen molar-refractivity contribution in [2.45, 2.75) is 33.1 Å². The molecule has 8 heteroatoms. The van der Waals surface area contributed by atoms with E-state index in [0.29, 0.717) is 12.5 Å². The molecule has 0 radical (unpaired) electrons. The van der Waals surface area contributed by atoms with Gasteiger partial charge in [-0.1, -0.05) is 0 Å². The van der Waals surface area contributed by atoms with Crippen LogP contribution in [0.3, 0.4) is 0 Å². The molecule has 2 heterocycles. The molecule has 148 valence electrons. The second-order valence-electron chi connectivity index (χ2n) is 6.56. The van der Waals surface area contributed by atoms with E-state index in [1.807, 2.05) is 23.6 Å². The third kappa shape index (κ3) is 7.29. The molecule has 25 heavy (non-hydrogen) atoms. The fraction of sp³-hybridized carbons (Fsp3) is 0.882. The molecule has 1 N–H and O–H groups in total. The van der Waals surface area contributed by atoms with Crippen LogP contribution in [-0.2, 0) is 9.59 Å². The van der Waals surface area contributed by atoms with Gasteiger partial charge in [0.1, 0.15) is 0 Å². The van der Waals surface area contributed by atoms with Crippen molar-refractivity contribution in [2.24, 2.45) is 5.92 Å². The summed E-state index contributed by atoms with van der Waals surface area (Å²) >= 11 is 0. The van der Waals surface area contributed by atoms with Gasteiger partial charge in [-0.05, 0) is 39.7 Å². The number of halogens is 2. The zero-order valence-electron chi connectivity index (χ0n) is 15.5. The van der Waals surface area contributed by atoms with Gasteiger partial charge in [0.15, 0.2) is 0 Å². The number of likely N-dealkylation sites (N-methyl/N-ethyl adjacent to an activating group) is 1. The predicted molar refractivity (Wildman–Crippen MR) is 106 cm³/mol. The lowest BCUT2D eigenvalue weighted by Crippen LogP contribution is -2.45. The second-order valence-corrected chi connectivity index (χ2v) is 6.56. The molecular weight excluding hydrogens is 363 g/mol. The van der Waals surface area contributed by atoms with Crippen molar-refractivity contribution >= 4 is 36.6 Å². The quantitative estimate of drug-likeness (QED) is 0.759. The Balaban J connectivity index is 0.00000288. The summed E-state index contributed by atoms with van der Waals surface area (Å²) in [4.78, 5) is 31.0. The second kappa shape index (κ2) is 12.7. The third-order valence-corrected chi connectivity index (χ3v) is 5.02. The van der Waals surface area contributed by atoms with Crippen molar-refractivity contribution in [3.05, 3.63) is 0 Å². The van der Waals surface area contributed by atoms with Gasteiger partial charge >= 0.3 is 0 Å². The van der Waals surface area contributed by atoms with Gasteiger partial charge in [0.2, 0.25) is 11.8 Å². The van der Waals surface area contributed by atoms with Gasteiger partial charge in [-0.3, -0.25) is 14.5 Å². The average Bonchev–Trinajstić information content (AvgIpc) is 2.82. The van der Waals surface area contributed by atoms with Crippen LogP contribution in [0.1, 0.15) is 33.1 Å². The van der Waals surface area contributed by atoms with Crippen LogP contribution in [-0.4, -0.2) is 85.4 Å². The summed E-state index contributed by atoms with van der Waals surface area (Å²) in [5.74, 6) is 0.646. The summed E-state index contributed by atoms with van der Waals surface area (Å²) in [5, 5.41) is 3.32. The molecule has 6 nitrogen and oxygen atoms in total. The molecule has 1 atom stereocenters. The predicted octanol–water partition coefficient (Wildman–Crippen LogP) is 1.23. The lowest BCUT2D eigenvalue weighted by Gasteiger charge is -2.29. The Morgan fingerprint density at radius 3 is 2.36 bits per heavy atom. The molecule has 0 aromatic heterocycles. The topological polar surface area (TPSA) is 55.9 Å². The van der Waals surface area contributed by atoms with Crippen molar-refractivity contribution in [1.29, 1.82) is 0 Å². The first-order chi connectivity index (χ1) is 11.2. The Labute approximate surface area is 164 Å². The van der Waals surface area contributed by atoms with Crippen LogP contribution in [0.5, 0.6) is 0 Å². The lowest BCUT2D eigenvalue weighted by molar-refractivity contribution is -0.135. The highest BCUT2D eigenvalue weighted by Crippen LogP contribution is 2.15. The summed E-state index contributed by atoms with van der Waals surface area (Å²) in [7, 11) is 0. The number of hydrogen-bond donors (Lipinski definition) is 1. The molecule has 0 bridgehead atoms. The van der Waals surface area contributed by atoms with Crippen LogP contribution in [0, 0.1) is 5.92 Å². The van der Waals surface area contributed by atoms with Crippen molar-refractivity contribution < 1.29 is 9.59 Å². The number of nitrogens with one attached hydrogen (secondary N) is 1. The van der Waals surface area contributed by atoms with Crippen molar-refractivity contribution in [1.82, 2.24) is 20.0 Å². The van der Waals surface area contributed by atoms with E-state index in [4.69, 9.17) is 0 Å². The fourth-order valence-corrected chi connectivity index (χ4v) is 3.54. The Morgan fingerprint density at radius 2 is 1.76 bits per heavy atom. The lowest BCUT2D eigenvalue weighted by atomic mass is 9.98. The third-order valence-electron chi connectivity index (χ3n) is 5.02. The molecule has 2 saturated heterocycles. The number of piperidine rings is 1. The maximum absolute atomic E-state index is 12.6. The number of carbonyl (C=O) groups is 2. The maximum Gasteiger partial charge on any atom is 0.236 e. The summed E-state index contributed by atoms with van der Waals surface area (Å²) in [6.45, 7) is 11.2. The molecule has 1 unspecified atom stereocenters. The minimum Gasteiger partial charge on any atom is -0.342 e. The van der Waals surface area contributed by atoms with Crippen LogP contribution in [0.2, 0.25) is 0 Å². The summed E-state index contributed by atoms with van der Waals surface area (Å²) in [6.07, 6.45) is 3.05. The minimum absolute atomic E-state index is 0. The number of hydrogen-bond acceptors (Lipinski definition) is 4. The molecule has 0 spiro atoms. The zero-order valence-corrected chi connectivity index (χ0v) is 17.2. The zero-order chi connectivity index (χ0) is 16.7. The number of nitrogens with zero attached hydrogens (tertiary/aromatic N) is 3. The highest BCUT2D eigenvalue weighted by molar-refractivity contribution is 5.85.